The first-order valence-electron chi connectivity index (χ1n) is 9.27. The molecule has 1 saturated carbocycles. The summed E-state index contributed by atoms with van der Waals surface area (Å²) in [6, 6.07) is 6.18. The number of benzene rings is 1. The van der Waals surface area contributed by atoms with Gasteiger partial charge < -0.3 is 10.6 Å². The summed E-state index contributed by atoms with van der Waals surface area (Å²) in [6.45, 7) is 2.56. The first kappa shape index (κ1) is 18.4. The molecule has 0 radical (unpaired) electrons. The number of carbonyl (C=O) groups is 2. The number of nitro benzene ring substituents is 1. The van der Waals surface area contributed by atoms with Gasteiger partial charge in [-0.05, 0) is 43.6 Å². The Hall–Kier alpha value is -2.44. The summed E-state index contributed by atoms with van der Waals surface area (Å²) in [4.78, 5) is 35.0. The predicted molar refractivity (Wildman–Crippen MR) is 96.6 cm³/mol. The van der Waals surface area contributed by atoms with Gasteiger partial charge in [-0.25, -0.2) is 0 Å². The number of nitrogens with zero attached hydrogens (tertiary/aromatic N) is 1. The SMILES string of the molecule is CC1CCC2CC(CCNC(=O)c3ccccc3[N+](=O)[O-])C(=O)NC2C1. The molecule has 1 saturated heterocycles. The van der Waals surface area contributed by atoms with Crippen molar-refractivity contribution in [3.8, 4) is 0 Å². The Kier molecular flexibility index (Phi) is 5.54. The molecule has 26 heavy (non-hydrogen) atoms. The second-order valence-corrected chi connectivity index (χ2v) is 7.54. The number of rotatable bonds is 5. The summed E-state index contributed by atoms with van der Waals surface area (Å²) in [5.41, 5.74) is -0.161. The predicted octanol–water partition coefficient (Wildman–Crippen LogP) is 2.66. The molecule has 4 atom stereocenters. The zero-order valence-electron chi connectivity index (χ0n) is 14.9. The molecule has 2 amide bonds. The Bertz CT molecular complexity index is 706. The second-order valence-electron chi connectivity index (χ2n) is 7.54. The van der Waals surface area contributed by atoms with Crippen molar-refractivity contribution in [3.05, 3.63) is 39.9 Å². The molecule has 0 bridgehead atoms. The van der Waals surface area contributed by atoms with E-state index >= 15 is 0 Å². The lowest BCUT2D eigenvalue weighted by molar-refractivity contribution is -0.385. The van der Waals surface area contributed by atoms with Gasteiger partial charge in [-0.1, -0.05) is 25.5 Å². The van der Waals surface area contributed by atoms with E-state index in [1.54, 1.807) is 6.07 Å². The maximum absolute atomic E-state index is 12.3. The number of hydrogen-bond acceptors (Lipinski definition) is 4. The van der Waals surface area contributed by atoms with E-state index in [1.165, 1.54) is 24.6 Å². The number of amides is 2. The standard InChI is InChI=1S/C19H25N3O4/c1-12-6-7-13-11-14(18(23)21-16(13)10-12)8-9-20-19(24)15-4-2-3-5-17(15)22(25)26/h2-5,12-14,16H,6-11H2,1H3,(H,20,24)(H,21,23). The van der Waals surface area contributed by atoms with Crippen LogP contribution in [0.3, 0.4) is 0 Å². The van der Waals surface area contributed by atoms with Crippen LogP contribution in [0.1, 0.15) is 49.4 Å². The molecule has 1 aromatic rings. The van der Waals surface area contributed by atoms with Crippen LogP contribution in [0.25, 0.3) is 0 Å². The van der Waals surface area contributed by atoms with E-state index in [2.05, 4.69) is 17.6 Å². The van der Waals surface area contributed by atoms with Gasteiger partial charge >= 0.3 is 0 Å². The first-order valence-corrected chi connectivity index (χ1v) is 9.27. The molecule has 0 aromatic heterocycles. The highest BCUT2D eigenvalue weighted by Crippen LogP contribution is 2.36. The van der Waals surface area contributed by atoms with Crippen LogP contribution in [0, 0.1) is 27.9 Å². The molecule has 1 aliphatic heterocycles. The lowest BCUT2D eigenvalue weighted by Gasteiger charge is -2.41. The van der Waals surface area contributed by atoms with Gasteiger partial charge in [-0.2, -0.15) is 0 Å². The highest BCUT2D eigenvalue weighted by molar-refractivity contribution is 5.98. The van der Waals surface area contributed by atoms with E-state index in [9.17, 15) is 19.7 Å². The number of nitro groups is 1. The maximum Gasteiger partial charge on any atom is 0.282 e. The molecule has 7 heteroatoms. The Morgan fingerprint density at radius 2 is 2.08 bits per heavy atom. The van der Waals surface area contributed by atoms with Crippen LogP contribution in [-0.4, -0.2) is 29.3 Å². The molecule has 1 heterocycles. The zero-order chi connectivity index (χ0) is 18.7. The van der Waals surface area contributed by atoms with Gasteiger partial charge in [0.1, 0.15) is 5.56 Å². The third-order valence-electron chi connectivity index (χ3n) is 5.67. The Labute approximate surface area is 152 Å². The van der Waals surface area contributed by atoms with Gasteiger partial charge in [0.15, 0.2) is 0 Å². The lowest BCUT2D eigenvalue weighted by atomic mass is 9.72. The van der Waals surface area contributed by atoms with E-state index < -0.39 is 10.8 Å². The number of piperidine rings is 1. The molecule has 7 nitrogen and oxygen atoms in total. The van der Waals surface area contributed by atoms with Crippen LogP contribution in [0.4, 0.5) is 5.69 Å². The minimum Gasteiger partial charge on any atom is -0.353 e. The largest absolute Gasteiger partial charge is 0.353 e. The van der Waals surface area contributed by atoms with Crippen LogP contribution >= 0.6 is 0 Å². The smallest absolute Gasteiger partial charge is 0.282 e. The number of nitrogens with one attached hydrogen (secondary N) is 2. The fraction of sp³-hybridized carbons (Fsp3) is 0.579. The fourth-order valence-electron chi connectivity index (χ4n) is 4.20. The molecule has 1 aliphatic carbocycles. The van der Waals surface area contributed by atoms with E-state index in [1.807, 2.05) is 0 Å². The van der Waals surface area contributed by atoms with Gasteiger partial charge in [-0.3, -0.25) is 19.7 Å². The molecular formula is C19H25N3O4. The van der Waals surface area contributed by atoms with Crippen molar-refractivity contribution in [2.75, 3.05) is 6.54 Å². The van der Waals surface area contributed by atoms with E-state index in [-0.39, 0.29) is 23.1 Å². The van der Waals surface area contributed by atoms with Crippen molar-refractivity contribution in [1.29, 1.82) is 0 Å². The van der Waals surface area contributed by atoms with E-state index in [4.69, 9.17) is 0 Å². The van der Waals surface area contributed by atoms with Gasteiger partial charge in [0, 0.05) is 24.6 Å². The second kappa shape index (κ2) is 7.85. The maximum atomic E-state index is 12.3. The summed E-state index contributed by atoms with van der Waals surface area (Å²) in [7, 11) is 0. The van der Waals surface area contributed by atoms with E-state index in [0.29, 0.717) is 30.8 Å². The molecule has 2 fully saturated rings. The van der Waals surface area contributed by atoms with Gasteiger partial charge in [0.05, 0.1) is 4.92 Å². The van der Waals surface area contributed by atoms with Crippen LogP contribution in [0.2, 0.25) is 0 Å². The van der Waals surface area contributed by atoms with Gasteiger partial charge in [0.2, 0.25) is 5.91 Å². The third kappa shape index (κ3) is 4.03. The lowest BCUT2D eigenvalue weighted by Crippen LogP contribution is -2.52. The molecule has 2 N–H and O–H groups in total. The Balaban J connectivity index is 1.53. The minimum atomic E-state index is -0.562. The topological polar surface area (TPSA) is 101 Å². The number of carbonyl (C=O) groups excluding carboxylic acids is 2. The van der Waals surface area contributed by atoms with Crippen LogP contribution in [-0.2, 0) is 4.79 Å². The number of hydrogen-bond donors (Lipinski definition) is 2. The first-order chi connectivity index (χ1) is 12.5. The van der Waals surface area contributed by atoms with Crippen molar-refractivity contribution in [3.63, 3.8) is 0 Å². The summed E-state index contributed by atoms with van der Waals surface area (Å²) >= 11 is 0. The van der Waals surface area contributed by atoms with Crippen molar-refractivity contribution >= 4 is 17.5 Å². The monoisotopic (exact) mass is 359 g/mol. The average Bonchev–Trinajstić information content (AvgIpc) is 2.62. The van der Waals surface area contributed by atoms with Crippen molar-refractivity contribution < 1.29 is 14.5 Å². The zero-order valence-corrected chi connectivity index (χ0v) is 14.9. The molecule has 140 valence electrons. The molecule has 1 aromatic carbocycles. The summed E-state index contributed by atoms with van der Waals surface area (Å²) in [5.74, 6) is 0.683. The van der Waals surface area contributed by atoms with Crippen molar-refractivity contribution in [2.45, 2.75) is 45.1 Å². The molecule has 3 rings (SSSR count). The Morgan fingerprint density at radius 1 is 1.31 bits per heavy atom. The highest BCUT2D eigenvalue weighted by Gasteiger charge is 2.38. The molecule has 4 unspecified atom stereocenters. The van der Waals surface area contributed by atoms with Crippen LogP contribution < -0.4 is 10.6 Å². The molecule has 2 aliphatic rings. The normalized spacial score (nSPS) is 28.0. The molecule has 0 spiro atoms. The fourth-order valence-corrected chi connectivity index (χ4v) is 4.20. The van der Waals surface area contributed by atoms with Crippen LogP contribution in [0.15, 0.2) is 24.3 Å². The number of fused-ring (bicyclic) bond motifs is 1. The van der Waals surface area contributed by atoms with Crippen molar-refractivity contribution in [1.82, 2.24) is 10.6 Å². The minimum absolute atomic E-state index is 0.0481. The summed E-state index contributed by atoms with van der Waals surface area (Å²) in [5, 5.41) is 16.9. The Morgan fingerprint density at radius 3 is 2.85 bits per heavy atom. The summed E-state index contributed by atoms with van der Waals surface area (Å²) in [6.07, 6.45) is 4.82. The van der Waals surface area contributed by atoms with Crippen molar-refractivity contribution in [2.24, 2.45) is 17.8 Å². The van der Waals surface area contributed by atoms with E-state index in [0.717, 1.165) is 19.3 Å². The highest BCUT2D eigenvalue weighted by atomic mass is 16.6. The average molecular weight is 359 g/mol. The number of para-hydroxylation sites is 1. The van der Waals surface area contributed by atoms with Crippen LogP contribution in [0.5, 0.6) is 0 Å². The molecular weight excluding hydrogens is 334 g/mol. The van der Waals surface area contributed by atoms with Gasteiger partial charge in [-0.15, -0.1) is 0 Å². The quantitative estimate of drug-likeness (QED) is 0.623. The summed E-state index contributed by atoms with van der Waals surface area (Å²) < 4.78 is 0. The third-order valence-corrected chi connectivity index (χ3v) is 5.67. The van der Waals surface area contributed by atoms with Gasteiger partial charge in [0.25, 0.3) is 11.6 Å².